The molecule has 0 spiro atoms. The van der Waals surface area contributed by atoms with Crippen molar-refractivity contribution >= 4 is 34.3 Å². The molecule has 0 bridgehead atoms. The molecule has 0 atom stereocenters. The van der Waals surface area contributed by atoms with Crippen LogP contribution in [0.3, 0.4) is 0 Å². The third kappa shape index (κ3) is 3.05. The summed E-state index contributed by atoms with van der Waals surface area (Å²) in [6, 6.07) is 13.6. The number of hydrogen-bond acceptors (Lipinski definition) is 6. The molecule has 4 aromatic rings. The second-order valence-electron chi connectivity index (χ2n) is 6.80. The van der Waals surface area contributed by atoms with E-state index in [1.54, 1.807) is 6.20 Å². The fourth-order valence-electron chi connectivity index (χ4n) is 3.77. The summed E-state index contributed by atoms with van der Waals surface area (Å²) in [6.07, 6.45) is 5.97. The van der Waals surface area contributed by atoms with E-state index in [1.807, 2.05) is 42.5 Å². The van der Waals surface area contributed by atoms with Gasteiger partial charge in [0, 0.05) is 22.5 Å². The monoisotopic (exact) mass is 388 g/mol. The Bertz CT molecular complexity index is 1150. The number of nitrogens with zero attached hydrogens (tertiary/aromatic N) is 5. The van der Waals surface area contributed by atoms with Crippen molar-refractivity contribution in [3.8, 4) is 11.1 Å². The minimum absolute atomic E-state index is 0.596. The number of halogens is 1. The van der Waals surface area contributed by atoms with Crippen LogP contribution in [0.15, 0.2) is 48.7 Å². The molecule has 1 aromatic carbocycles. The van der Waals surface area contributed by atoms with E-state index >= 15 is 0 Å². The summed E-state index contributed by atoms with van der Waals surface area (Å²) in [4.78, 5) is 9.17. The molecule has 0 unspecified atom stereocenters. The van der Waals surface area contributed by atoms with Crippen molar-refractivity contribution in [1.29, 1.82) is 0 Å². The molecule has 7 heteroatoms. The Kier molecular flexibility index (Phi) is 4.33. The molecular weight excluding hydrogens is 372 g/mol. The maximum Gasteiger partial charge on any atom is 0.188 e. The van der Waals surface area contributed by atoms with E-state index in [2.05, 4.69) is 25.7 Å². The summed E-state index contributed by atoms with van der Waals surface area (Å²) in [7, 11) is 0. The smallest absolute Gasteiger partial charge is 0.188 e. The van der Waals surface area contributed by atoms with Gasteiger partial charge in [0.1, 0.15) is 5.82 Å². The van der Waals surface area contributed by atoms with Crippen LogP contribution in [0, 0.1) is 0 Å². The van der Waals surface area contributed by atoms with E-state index in [0.717, 1.165) is 47.9 Å². The van der Waals surface area contributed by atoms with Gasteiger partial charge in [0.25, 0.3) is 0 Å². The van der Waals surface area contributed by atoms with Crippen molar-refractivity contribution in [2.24, 2.45) is 0 Å². The van der Waals surface area contributed by atoms with Gasteiger partial charge in [-0.25, -0.2) is 9.97 Å². The Hall–Kier alpha value is -3.12. The zero-order valence-electron chi connectivity index (χ0n) is 15.1. The van der Waals surface area contributed by atoms with Crippen LogP contribution >= 0.6 is 11.6 Å². The molecule has 1 aliphatic rings. The molecule has 5 rings (SSSR count). The van der Waals surface area contributed by atoms with Gasteiger partial charge in [0.2, 0.25) is 0 Å². The summed E-state index contributed by atoms with van der Waals surface area (Å²) >= 11 is 6.13. The van der Waals surface area contributed by atoms with Gasteiger partial charge in [-0.15, -0.1) is 10.2 Å². The maximum atomic E-state index is 6.13. The van der Waals surface area contributed by atoms with Gasteiger partial charge >= 0.3 is 0 Å². The largest absolute Gasteiger partial charge is 0.323 e. The molecule has 28 heavy (non-hydrogen) atoms. The van der Waals surface area contributed by atoms with Gasteiger partial charge < -0.3 is 5.32 Å². The molecule has 1 aliphatic carbocycles. The fourth-order valence-corrected chi connectivity index (χ4v) is 3.89. The first-order valence-corrected chi connectivity index (χ1v) is 9.66. The average molecular weight is 389 g/mol. The average Bonchev–Trinajstić information content (AvgIpc) is 2.74. The highest BCUT2D eigenvalue weighted by molar-refractivity contribution is 6.30. The van der Waals surface area contributed by atoms with Gasteiger partial charge in [-0.3, -0.25) is 0 Å². The number of aryl methyl sites for hydroxylation is 1. The zero-order valence-corrected chi connectivity index (χ0v) is 15.8. The lowest BCUT2D eigenvalue weighted by Crippen LogP contribution is -2.11. The van der Waals surface area contributed by atoms with Crippen LogP contribution in [0.1, 0.15) is 24.1 Å². The first kappa shape index (κ1) is 17.0. The lowest BCUT2D eigenvalue weighted by atomic mass is 9.87. The van der Waals surface area contributed by atoms with Crippen LogP contribution in [-0.2, 0) is 12.8 Å². The molecule has 0 aliphatic heterocycles. The van der Waals surface area contributed by atoms with E-state index in [4.69, 9.17) is 16.6 Å². The van der Waals surface area contributed by atoms with Gasteiger partial charge in [0.15, 0.2) is 11.5 Å². The number of anilines is 2. The van der Waals surface area contributed by atoms with Crippen molar-refractivity contribution in [1.82, 2.24) is 25.4 Å². The minimum atomic E-state index is 0.596. The van der Waals surface area contributed by atoms with Crippen LogP contribution in [0.4, 0.5) is 11.6 Å². The predicted octanol–water partition coefficient (Wildman–Crippen LogP) is 4.76. The van der Waals surface area contributed by atoms with E-state index in [9.17, 15) is 0 Å². The third-order valence-corrected chi connectivity index (χ3v) is 5.27. The Balaban J connectivity index is 1.79. The minimum Gasteiger partial charge on any atom is -0.323 e. The first-order valence-electron chi connectivity index (χ1n) is 9.28. The molecular formula is C21H17ClN6. The van der Waals surface area contributed by atoms with Gasteiger partial charge in [0.05, 0.1) is 5.39 Å². The van der Waals surface area contributed by atoms with Crippen molar-refractivity contribution in [3.05, 3.63) is 64.9 Å². The summed E-state index contributed by atoms with van der Waals surface area (Å²) in [6.45, 7) is 0. The molecule has 0 radical (unpaired) electrons. The van der Waals surface area contributed by atoms with E-state index < -0.39 is 0 Å². The van der Waals surface area contributed by atoms with E-state index in [-0.39, 0.29) is 0 Å². The highest BCUT2D eigenvalue weighted by Crippen LogP contribution is 2.39. The molecule has 0 amide bonds. The molecule has 138 valence electrons. The Morgan fingerprint density at radius 1 is 0.929 bits per heavy atom. The highest BCUT2D eigenvalue weighted by Gasteiger charge is 2.23. The van der Waals surface area contributed by atoms with Crippen LogP contribution in [0.2, 0.25) is 5.02 Å². The lowest BCUT2D eigenvalue weighted by Gasteiger charge is -2.21. The standard InChI is InChI=1S/C21H17ClN6/c22-14-10-8-13(9-11-14)18-15-5-1-2-6-16(15)24-20-19(18)21(27-28-26-20)25-17-7-3-4-12-23-17/h3-4,7-12H,1-2,5-6H2,(H,23,24,25,26,27). The van der Waals surface area contributed by atoms with Crippen molar-refractivity contribution < 1.29 is 0 Å². The lowest BCUT2D eigenvalue weighted by molar-refractivity contribution is 0.671. The maximum absolute atomic E-state index is 6.13. The Morgan fingerprint density at radius 3 is 2.61 bits per heavy atom. The highest BCUT2D eigenvalue weighted by atomic mass is 35.5. The summed E-state index contributed by atoms with van der Waals surface area (Å²) in [5, 5.41) is 17.3. The molecule has 3 aromatic heterocycles. The van der Waals surface area contributed by atoms with Crippen LogP contribution in [-0.4, -0.2) is 25.4 Å². The van der Waals surface area contributed by atoms with Crippen molar-refractivity contribution in [2.75, 3.05) is 5.32 Å². The van der Waals surface area contributed by atoms with Gasteiger partial charge in [-0.1, -0.05) is 29.8 Å². The number of fused-ring (bicyclic) bond motifs is 2. The second-order valence-corrected chi connectivity index (χ2v) is 7.24. The van der Waals surface area contributed by atoms with Crippen molar-refractivity contribution in [2.45, 2.75) is 25.7 Å². The molecule has 0 saturated heterocycles. The fraction of sp³-hybridized carbons (Fsp3) is 0.190. The molecule has 6 nitrogen and oxygen atoms in total. The third-order valence-electron chi connectivity index (χ3n) is 5.02. The second kappa shape index (κ2) is 7.13. The Morgan fingerprint density at radius 2 is 1.79 bits per heavy atom. The molecule has 1 N–H and O–H groups in total. The summed E-state index contributed by atoms with van der Waals surface area (Å²) in [5.41, 5.74) is 5.15. The topological polar surface area (TPSA) is 76.5 Å². The predicted molar refractivity (Wildman–Crippen MR) is 110 cm³/mol. The summed E-state index contributed by atoms with van der Waals surface area (Å²) < 4.78 is 0. The number of aromatic nitrogens is 5. The Labute approximate surface area is 167 Å². The number of benzene rings is 1. The van der Waals surface area contributed by atoms with Crippen LogP contribution < -0.4 is 5.32 Å². The number of nitrogens with one attached hydrogen (secondary N) is 1. The summed E-state index contributed by atoms with van der Waals surface area (Å²) in [5.74, 6) is 1.30. The van der Waals surface area contributed by atoms with Gasteiger partial charge in [-0.05, 0) is 66.3 Å². The normalized spacial score (nSPS) is 13.3. The van der Waals surface area contributed by atoms with E-state index in [1.165, 1.54) is 5.56 Å². The SMILES string of the molecule is Clc1ccc(-c2c3c(nc4nnnc(Nc5ccccn5)c24)CCCC3)cc1. The number of pyridine rings is 2. The molecule has 0 saturated carbocycles. The van der Waals surface area contributed by atoms with Gasteiger partial charge in [-0.2, -0.15) is 0 Å². The quantitative estimate of drug-likeness (QED) is 0.545. The van der Waals surface area contributed by atoms with E-state index in [0.29, 0.717) is 22.3 Å². The molecule has 3 heterocycles. The van der Waals surface area contributed by atoms with Crippen molar-refractivity contribution in [3.63, 3.8) is 0 Å². The first-order chi connectivity index (χ1) is 13.8. The molecule has 0 fully saturated rings. The number of rotatable bonds is 3. The van der Waals surface area contributed by atoms with Crippen LogP contribution in [0.25, 0.3) is 22.2 Å². The van der Waals surface area contributed by atoms with Crippen LogP contribution in [0.5, 0.6) is 0 Å². The number of hydrogen-bond donors (Lipinski definition) is 1. The zero-order chi connectivity index (χ0) is 18.9.